The van der Waals surface area contributed by atoms with Gasteiger partial charge in [-0.25, -0.2) is 9.59 Å². The first-order valence-electron chi connectivity index (χ1n) is 31.0. The zero-order chi connectivity index (χ0) is 64.2. The number of allylic oxidation sites excluding steroid dienone is 5. The van der Waals surface area contributed by atoms with Gasteiger partial charge in [0.25, 0.3) is 0 Å². The Morgan fingerprint density at radius 1 is 0.784 bits per heavy atom. The van der Waals surface area contributed by atoms with Crippen LogP contribution in [0.5, 0.6) is 0 Å². The Morgan fingerprint density at radius 3 is 2.11 bits per heavy atom. The summed E-state index contributed by atoms with van der Waals surface area (Å²) in [5, 5.41) is 61.6. The molecular formula is C64H90N2O22. The first kappa shape index (κ1) is 67.2. The SMILES string of the molecule is COC(=O)N[C@H]1[C@@H](C)O[C@@H](O[C@H]2C/C=C(\C)[C@@H]3C=C[C@@H]4[C@@H](O[C@H]5C[C@@H](O[C@H]6CC[C@@H](O[C@@H]7C[C@@H](O)[C@@H](O)[C@H](C)O7)[C@H](C)O6)[C@@H](OC(C)=O)[C@H](C)O5)[C@@H](C)C[C@H](C)[C@H]4[C@]3(C)/C(O)=C3\C(=O)O[C@]4(CC(/C=C/C(C)=O)=C[C@H](O)[C@H]4/C=C/2C)C3=O)C[C@]1(C)[N+](=O)[O-]. The molecule has 1 saturated carbocycles. The average Bonchev–Trinajstić information content (AvgIpc) is 1.35. The normalized spacial score (nSPS) is 46.7. The predicted molar refractivity (Wildman–Crippen MR) is 311 cm³/mol. The molecule has 0 unspecified atom stereocenters. The van der Waals surface area contributed by atoms with Crippen LogP contribution in [0.4, 0.5) is 4.79 Å². The lowest BCUT2D eigenvalue weighted by atomic mass is 9.49. The van der Waals surface area contributed by atoms with Gasteiger partial charge in [0.15, 0.2) is 42.6 Å². The van der Waals surface area contributed by atoms with Crippen LogP contribution in [-0.4, -0.2) is 178 Å². The maximum absolute atomic E-state index is 15.8. The summed E-state index contributed by atoms with van der Waals surface area (Å²) < 4.78 is 68.9. The highest BCUT2D eigenvalue weighted by Crippen LogP contribution is 2.61. The van der Waals surface area contributed by atoms with Crippen molar-refractivity contribution in [3.05, 3.63) is 80.7 Å². The Bertz CT molecular complexity index is 2850. The third-order valence-corrected chi connectivity index (χ3v) is 20.2. The number of alkyl carbamates (subject to hydrolysis) is 1. The van der Waals surface area contributed by atoms with Crippen molar-refractivity contribution in [1.29, 1.82) is 0 Å². The number of Topliss-reactive ketones (excluding diaryl/α,β-unsaturated/α-hetero) is 1. The van der Waals surface area contributed by atoms with E-state index in [0.717, 1.165) is 12.7 Å². The van der Waals surface area contributed by atoms with Gasteiger partial charge in [0.1, 0.15) is 29.6 Å². The van der Waals surface area contributed by atoms with Crippen LogP contribution in [0.1, 0.15) is 134 Å². The molecule has 0 aromatic rings. The van der Waals surface area contributed by atoms with Gasteiger partial charge in [-0.05, 0) is 103 Å². The Morgan fingerprint density at radius 2 is 1.45 bits per heavy atom. The molecule has 9 aliphatic rings. The number of fused-ring (bicyclic) bond motifs is 4. The topological polar surface area (TPSA) is 323 Å². The summed E-state index contributed by atoms with van der Waals surface area (Å²) in [5.41, 5.74) is -4.43. The summed E-state index contributed by atoms with van der Waals surface area (Å²) in [6, 6.07) is -1.12. The largest absolute Gasteiger partial charge is 0.511 e. The summed E-state index contributed by atoms with van der Waals surface area (Å²) >= 11 is 0. The molecular weight excluding hydrogens is 1150 g/mol. The minimum absolute atomic E-state index is 0.0964. The van der Waals surface area contributed by atoms with Crippen molar-refractivity contribution in [2.24, 2.45) is 40.9 Å². The fraction of sp³-hybridized carbons (Fsp3) is 0.734. The second-order valence-corrected chi connectivity index (χ2v) is 26.5. The number of nitrogens with one attached hydrogen (secondary N) is 1. The molecule has 0 aromatic carbocycles. The number of aliphatic hydroxyl groups excluding tert-OH is 4. The number of carbonyl (C=O) groups is 5. The molecule has 24 heteroatoms. The van der Waals surface area contributed by atoms with Crippen LogP contribution in [0.15, 0.2) is 70.6 Å². The van der Waals surface area contributed by atoms with Crippen LogP contribution in [0.2, 0.25) is 0 Å². The zero-order valence-electron chi connectivity index (χ0n) is 52.6. The number of esters is 2. The van der Waals surface area contributed by atoms with Gasteiger partial charge in [0, 0.05) is 61.7 Å². The predicted octanol–water partition coefficient (Wildman–Crippen LogP) is 6.40. The molecule has 1 spiro atoms. The molecule has 0 aromatic heterocycles. The van der Waals surface area contributed by atoms with Crippen molar-refractivity contribution >= 4 is 29.6 Å². The fourth-order valence-corrected chi connectivity index (χ4v) is 15.8. The fourth-order valence-electron chi connectivity index (χ4n) is 15.8. The number of ketones is 2. The van der Waals surface area contributed by atoms with Crippen LogP contribution < -0.4 is 5.32 Å². The smallest absolute Gasteiger partial charge is 0.407 e. The number of nitro groups is 1. The number of aliphatic hydroxyl groups is 4. The second kappa shape index (κ2) is 26.5. The molecule has 4 aliphatic carbocycles. The molecule has 0 radical (unpaired) electrons. The number of rotatable bonds is 13. The first-order valence-corrected chi connectivity index (χ1v) is 31.0. The highest BCUT2D eigenvalue weighted by molar-refractivity contribution is 6.26. The Labute approximate surface area is 513 Å². The quantitative estimate of drug-likeness (QED) is 0.0253. The number of amides is 1. The van der Waals surface area contributed by atoms with Crippen LogP contribution in [-0.2, 0) is 71.3 Å². The number of hydrogen-bond acceptors (Lipinski definition) is 22. The van der Waals surface area contributed by atoms with Gasteiger partial charge >= 0.3 is 18.0 Å². The van der Waals surface area contributed by atoms with Gasteiger partial charge in [-0.15, -0.1) is 0 Å². The molecule has 5 N–H and O–H groups in total. The molecule has 488 valence electrons. The van der Waals surface area contributed by atoms with E-state index in [1.165, 1.54) is 39.0 Å². The standard InChI is InChI=1S/C64H90N2O22/c1-29-14-19-45(84-51-28-62(11,66(76)77)57(37(9)82-51)65-61(75)78-13)30(2)23-42-43(69)24-39(16-15-33(5)67)27-64(42)59(73)52(60(74)88-64)58(72)63(12)41(29)18-17-40-53(63)31(3)22-32(4)55(40)87-50-26-47(56(36(8)81-50)83-38(10)68)86-48-21-20-46(34(6)79-48)85-49-25-44(70)54(71)35(7)80-49/h14-18,23-24,31-32,34-37,40-51,53-57,69-72H,19-22,25-28H2,1-13H3,(H,65,75)/b16-15+,29-14+,30-23+,58-52+/t31-,32-,34-,35-,36-,37+,40-,41-,42+,43-,44+,45-,46+,47+,48-,49+,50-,51-,53+,54-,55-,56-,57-,62-,63+,64-/m0/s1. The van der Waals surface area contributed by atoms with Gasteiger partial charge in [0.2, 0.25) is 11.3 Å². The van der Waals surface area contributed by atoms with E-state index >= 15 is 4.79 Å². The molecule has 5 aliphatic heterocycles. The van der Waals surface area contributed by atoms with E-state index < -0.39 is 185 Å². The lowest BCUT2D eigenvalue weighted by molar-refractivity contribution is -0.584. The van der Waals surface area contributed by atoms with Crippen molar-refractivity contribution in [3.8, 4) is 0 Å². The number of carbonyl (C=O) groups excluding carboxylic acids is 5. The third kappa shape index (κ3) is 13.1. The van der Waals surface area contributed by atoms with Crippen LogP contribution in [0, 0.1) is 51.0 Å². The van der Waals surface area contributed by atoms with Crippen LogP contribution >= 0.6 is 0 Å². The van der Waals surface area contributed by atoms with Crippen LogP contribution in [0.25, 0.3) is 0 Å². The van der Waals surface area contributed by atoms with E-state index in [1.54, 1.807) is 33.8 Å². The summed E-state index contributed by atoms with van der Waals surface area (Å²) in [5.74, 6) is -6.57. The molecule has 5 heterocycles. The van der Waals surface area contributed by atoms with E-state index in [0.29, 0.717) is 30.4 Å². The van der Waals surface area contributed by atoms with Gasteiger partial charge < -0.3 is 77.8 Å². The van der Waals surface area contributed by atoms with E-state index in [1.807, 2.05) is 32.9 Å². The molecule has 88 heavy (non-hydrogen) atoms. The minimum atomic E-state index is -2.14. The van der Waals surface area contributed by atoms with Gasteiger partial charge in [-0.3, -0.25) is 24.5 Å². The van der Waals surface area contributed by atoms with Crippen molar-refractivity contribution < 1.29 is 101 Å². The summed E-state index contributed by atoms with van der Waals surface area (Å²) in [4.78, 5) is 80.4. The molecule has 1 amide bonds. The van der Waals surface area contributed by atoms with Crippen molar-refractivity contribution in [2.45, 2.75) is 250 Å². The summed E-state index contributed by atoms with van der Waals surface area (Å²) in [6.45, 7) is 20.5. The molecule has 2 bridgehead atoms. The average molecular weight is 1240 g/mol. The molecule has 5 saturated heterocycles. The molecule has 26 atom stereocenters. The maximum atomic E-state index is 15.8. The summed E-state index contributed by atoms with van der Waals surface area (Å²) in [7, 11) is 1.15. The maximum Gasteiger partial charge on any atom is 0.407 e. The lowest BCUT2D eigenvalue weighted by Crippen LogP contribution is -2.65. The van der Waals surface area contributed by atoms with E-state index in [-0.39, 0.29) is 49.7 Å². The Balaban J connectivity index is 1.05. The third-order valence-electron chi connectivity index (χ3n) is 20.2. The van der Waals surface area contributed by atoms with Crippen molar-refractivity contribution in [1.82, 2.24) is 5.32 Å². The summed E-state index contributed by atoms with van der Waals surface area (Å²) in [6.07, 6.45) is -1.34. The van der Waals surface area contributed by atoms with Gasteiger partial charge in [0.05, 0.1) is 74.4 Å². The first-order chi connectivity index (χ1) is 41.4. The van der Waals surface area contributed by atoms with Gasteiger partial charge in [-0.1, -0.05) is 62.8 Å². The number of ether oxygens (including phenoxy) is 11. The highest BCUT2D eigenvalue weighted by atomic mass is 16.7. The van der Waals surface area contributed by atoms with Crippen molar-refractivity contribution in [3.63, 3.8) is 0 Å². The Kier molecular flexibility index (Phi) is 20.2. The van der Waals surface area contributed by atoms with E-state index in [2.05, 4.69) is 25.2 Å². The lowest BCUT2D eigenvalue weighted by Gasteiger charge is -2.56. The zero-order valence-corrected chi connectivity index (χ0v) is 52.6. The molecule has 6 fully saturated rings. The minimum Gasteiger partial charge on any atom is -0.511 e. The Hall–Kier alpha value is -5.25. The van der Waals surface area contributed by atoms with E-state index in [4.69, 9.17) is 52.1 Å². The molecule has 9 rings (SSSR count). The monoisotopic (exact) mass is 1240 g/mol. The number of hydrogen-bond donors (Lipinski definition) is 5. The van der Waals surface area contributed by atoms with E-state index in [9.17, 15) is 49.7 Å². The number of methoxy groups -OCH3 is 1. The van der Waals surface area contributed by atoms with Crippen molar-refractivity contribution in [2.75, 3.05) is 7.11 Å². The number of nitrogens with zero attached hydrogens (tertiary/aromatic N) is 1. The second-order valence-electron chi connectivity index (χ2n) is 26.5. The van der Waals surface area contributed by atoms with Crippen LogP contribution in [0.3, 0.4) is 0 Å². The molecule has 24 nitrogen and oxygen atoms in total. The highest BCUT2D eigenvalue weighted by Gasteiger charge is 2.65. The van der Waals surface area contributed by atoms with Gasteiger partial charge in [-0.2, -0.15) is 0 Å².